The van der Waals surface area contributed by atoms with Crippen molar-refractivity contribution in [2.24, 2.45) is 0 Å². The molecule has 0 aromatic carbocycles. The average molecular weight is 304 g/mol. The molecule has 0 amide bonds. The van der Waals surface area contributed by atoms with Crippen molar-refractivity contribution in [3.8, 4) is 0 Å². The fourth-order valence-corrected chi connectivity index (χ4v) is 2.22. The normalized spacial score (nSPS) is 10.4. The Bertz CT molecular complexity index is 241. The van der Waals surface area contributed by atoms with E-state index in [1.165, 1.54) is 32.1 Å². The second kappa shape index (κ2) is 15.3. The zero-order valence-corrected chi connectivity index (χ0v) is 12.7. The standard InChI is InChI=1S/C15H28O6/c16-14(20-18)12-10-8-6-4-2-1-3-5-7-9-11-13-15(17)21-19/h18-19H,1-13H2. The summed E-state index contributed by atoms with van der Waals surface area (Å²) in [5, 5.41) is 16.1. The average Bonchev–Trinajstić information content (AvgIpc) is 2.51. The molecule has 6 nitrogen and oxygen atoms in total. The maximum Gasteiger partial charge on any atom is 0.342 e. The fourth-order valence-electron chi connectivity index (χ4n) is 2.22. The van der Waals surface area contributed by atoms with Gasteiger partial charge in [-0.3, -0.25) is 0 Å². The minimum Gasteiger partial charge on any atom is -0.301 e. The lowest BCUT2D eigenvalue weighted by Crippen LogP contribution is -1.99. The number of carbonyl (C=O) groups excluding carboxylic acids is 2. The summed E-state index contributed by atoms with van der Waals surface area (Å²) < 4.78 is 0. The molecule has 0 heterocycles. The lowest BCUT2D eigenvalue weighted by Gasteiger charge is -2.02. The highest BCUT2D eigenvalue weighted by molar-refractivity contribution is 5.68. The van der Waals surface area contributed by atoms with Gasteiger partial charge in [0.15, 0.2) is 0 Å². The molecule has 0 aromatic rings. The van der Waals surface area contributed by atoms with Crippen molar-refractivity contribution in [2.75, 3.05) is 0 Å². The number of rotatable bonds is 14. The van der Waals surface area contributed by atoms with Gasteiger partial charge >= 0.3 is 11.9 Å². The van der Waals surface area contributed by atoms with E-state index in [1.54, 1.807) is 0 Å². The Labute approximate surface area is 126 Å². The van der Waals surface area contributed by atoms with Gasteiger partial charge < -0.3 is 9.78 Å². The Hall–Kier alpha value is -1.14. The van der Waals surface area contributed by atoms with Gasteiger partial charge in [-0.15, -0.1) is 0 Å². The minimum absolute atomic E-state index is 0.292. The summed E-state index contributed by atoms with van der Waals surface area (Å²) in [5.74, 6) is -1.11. The van der Waals surface area contributed by atoms with E-state index in [2.05, 4.69) is 9.78 Å². The van der Waals surface area contributed by atoms with Gasteiger partial charge in [-0.1, -0.05) is 57.8 Å². The Morgan fingerprint density at radius 3 is 1.00 bits per heavy atom. The third-order valence-electron chi connectivity index (χ3n) is 3.47. The molecule has 0 rings (SSSR count). The van der Waals surface area contributed by atoms with Gasteiger partial charge in [-0.25, -0.2) is 9.59 Å². The summed E-state index contributed by atoms with van der Waals surface area (Å²) in [4.78, 5) is 28.5. The molecule has 0 aliphatic heterocycles. The van der Waals surface area contributed by atoms with E-state index in [4.69, 9.17) is 10.5 Å². The number of carbonyl (C=O) groups is 2. The summed E-state index contributed by atoms with van der Waals surface area (Å²) in [6.45, 7) is 0. The third-order valence-corrected chi connectivity index (χ3v) is 3.47. The summed E-state index contributed by atoms with van der Waals surface area (Å²) in [6, 6.07) is 0. The molecule has 6 heteroatoms. The number of unbranched alkanes of at least 4 members (excludes halogenated alkanes) is 10. The Morgan fingerprint density at radius 1 is 0.524 bits per heavy atom. The van der Waals surface area contributed by atoms with Gasteiger partial charge in [0.05, 0.1) is 0 Å². The van der Waals surface area contributed by atoms with Gasteiger partial charge in [0.1, 0.15) is 0 Å². The summed E-state index contributed by atoms with van der Waals surface area (Å²) in [7, 11) is 0. The minimum atomic E-state index is -0.553. The van der Waals surface area contributed by atoms with Crippen LogP contribution in [-0.4, -0.2) is 22.5 Å². The van der Waals surface area contributed by atoms with Crippen LogP contribution in [0.15, 0.2) is 0 Å². The second-order valence-corrected chi connectivity index (χ2v) is 5.32. The summed E-state index contributed by atoms with van der Waals surface area (Å²) >= 11 is 0. The molecule has 0 radical (unpaired) electrons. The van der Waals surface area contributed by atoms with E-state index in [9.17, 15) is 9.59 Å². The first-order chi connectivity index (χ1) is 10.2. The molecule has 124 valence electrons. The molecule has 0 aromatic heterocycles. The molecule has 21 heavy (non-hydrogen) atoms. The van der Waals surface area contributed by atoms with E-state index in [0.29, 0.717) is 12.8 Å². The zero-order valence-electron chi connectivity index (χ0n) is 12.7. The maximum absolute atomic E-state index is 10.6. The molecule has 0 spiro atoms. The topological polar surface area (TPSA) is 93.1 Å². The Morgan fingerprint density at radius 2 is 0.762 bits per heavy atom. The molecule has 0 saturated heterocycles. The zero-order chi connectivity index (χ0) is 15.8. The van der Waals surface area contributed by atoms with Crippen LogP contribution in [0.25, 0.3) is 0 Å². The van der Waals surface area contributed by atoms with Crippen molar-refractivity contribution >= 4 is 11.9 Å². The third kappa shape index (κ3) is 15.1. The molecule has 0 atom stereocenters. The number of hydrogen-bond donors (Lipinski definition) is 2. The van der Waals surface area contributed by atoms with Gasteiger partial charge in [0.2, 0.25) is 0 Å². The molecule has 0 aliphatic rings. The maximum atomic E-state index is 10.6. The van der Waals surface area contributed by atoms with Crippen LogP contribution in [0.4, 0.5) is 0 Å². The van der Waals surface area contributed by atoms with Crippen molar-refractivity contribution in [3.63, 3.8) is 0 Å². The molecule has 0 bridgehead atoms. The highest BCUT2D eigenvalue weighted by atomic mass is 17.1. The summed E-state index contributed by atoms with van der Waals surface area (Å²) in [5.41, 5.74) is 0. The van der Waals surface area contributed by atoms with Crippen molar-refractivity contribution in [2.45, 2.75) is 83.5 Å². The van der Waals surface area contributed by atoms with Crippen molar-refractivity contribution in [3.05, 3.63) is 0 Å². The molecule has 0 aliphatic carbocycles. The molecular formula is C15H28O6. The highest BCUT2D eigenvalue weighted by Crippen LogP contribution is 2.12. The molecular weight excluding hydrogens is 276 g/mol. The van der Waals surface area contributed by atoms with E-state index in [-0.39, 0.29) is 0 Å². The number of hydrogen-bond acceptors (Lipinski definition) is 6. The Balaban J connectivity index is 3.06. The first-order valence-corrected chi connectivity index (χ1v) is 7.89. The van der Waals surface area contributed by atoms with Crippen LogP contribution >= 0.6 is 0 Å². The first kappa shape index (κ1) is 19.9. The van der Waals surface area contributed by atoms with Crippen LogP contribution in [0.3, 0.4) is 0 Å². The van der Waals surface area contributed by atoms with Gasteiger partial charge in [-0.05, 0) is 12.8 Å². The van der Waals surface area contributed by atoms with Crippen molar-refractivity contribution < 1.29 is 29.9 Å². The van der Waals surface area contributed by atoms with Crippen LogP contribution < -0.4 is 0 Å². The quantitative estimate of drug-likeness (QED) is 0.285. The van der Waals surface area contributed by atoms with E-state index < -0.39 is 11.9 Å². The SMILES string of the molecule is O=C(CCCCCCCCCCCCCC(=O)OO)OO. The summed E-state index contributed by atoms with van der Waals surface area (Å²) in [6.07, 6.45) is 12.3. The molecule has 0 fully saturated rings. The first-order valence-electron chi connectivity index (χ1n) is 7.89. The van der Waals surface area contributed by atoms with Gasteiger partial charge in [0, 0.05) is 12.8 Å². The van der Waals surface area contributed by atoms with E-state index >= 15 is 0 Å². The highest BCUT2D eigenvalue weighted by Gasteiger charge is 2.01. The fraction of sp³-hybridized carbons (Fsp3) is 0.867. The van der Waals surface area contributed by atoms with Crippen LogP contribution in [0.5, 0.6) is 0 Å². The van der Waals surface area contributed by atoms with E-state index in [1.807, 2.05) is 0 Å². The van der Waals surface area contributed by atoms with Crippen molar-refractivity contribution in [1.82, 2.24) is 0 Å². The largest absolute Gasteiger partial charge is 0.342 e. The van der Waals surface area contributed by atoms with Crippen LogP contribution in [0.1, 0.15) is 83.5 Å². The monoisotopic (exact) mass is 304 g/mol. The molecule has 2 N–H and O–H groups in total. The predicted octanol–water partition coefficient (Wildman–Crippen LogP) is 4.09. The van der Waals surface area contributed by atoms with Crippen LogP contribution in [0.2, 0.25) is 0 Å². The molecule has 0 unspecified atom stereocenters. The van der Waals surface area contributed by atoms with Crippen LogP contribution in [0, 0.1) is 0 Å². The van der Waals surface area contributed by atoms with Crippen molar-refractivity contribution in [1.29, 1.82) is 0 Å². The molecule has 0 saturated carbocycles. The predicted molar refractivity (Wildman–Crippen MR) is 77.5 cm³/mol. The second-order valence-electron chi connectivity index (χ2n) is 5.32. The Kier molecular flexibility index (Phi) is 14.4. The van der Waals surface area contributed by atoms with Crippen LogP contribution in [-0.2, 0) is 19.4 Å². The lowest BCUT2D eigenvalue weighted by atomic mass is 10.0. The smallest absolute Gasteiger partial charge is 0.301 e. The lowest BCUT2D eigenvalue weighted by molar-refractivity contribution is -0.234. The van der Waals surface area contributed by atoms with Gasteiger partial charge in [-0.2, -0.15) is 10.5 Å². The van der Waals surface area contributed by atoms with Gasteiger partial charge in [0.25, 0.3) is 0 Å². The van der Waals surface area contributed by atoms with E-state index in [0.717, 1.165) is 38.5 Å².